The Morgan fingerprint density at radius 3 is 2.45 bits per heavy atom. The lowest BCUT2D eigenvalue weighted by molar-refractivity contribution is -0.134. The molecule has 0 spiro atoms. The van der Waals surface area contributed by atoms with E-state index in [2.05, 4.69) is 10.3 Å². The van der Waals surface area contributed by atoms with Crippen LogP contribution >= 0.6 is 11.6 Å². The summed E-state index contributed by atoms with van der Waals surface area (Å²) in [7, 11) is 3.29. The van der Waals surface area contributed by atoms with E-state index in [1.165, 1.54) is 4.90 Å². The highest BCUT2D eigenvalue weighted by Crippen LogP contribution is 2.18. The van der Waals surface area contributed by atoms with Crippen LogP contribution in [0.2, 0.25) is 5.02 Å². The fraction of sp³-hybridized carbons (Fsp3) is 0.312. The molecule has 1 heterocycles. The molecular formula is C16H18ClN3O2. The minimum atomic E-state index is -1.01. The van der Waals surface area contributed by atoms with E-state index in [4.69, 9.17) is 11.6 Å². The Labute approximate surface area is 134 Å². The minimum absolute atomic E-state index is 0.190. The van der Waals surface area contributed by atoms with Crippen LogP contribution in [-0.2, 0) is 4.79 Å². The second kappa shape index (κ2) is 5.93. The number of aromatic nitrogens is 1. The predicted octanol–water partition coefficient (Wildman–Crippen LogP) is 2.48. The summed E-state index contributed by atoms with van der Waals surface area (Å²) in [5, 5.41) is 4.16. The first-order chi connectivity index (χ1) is 10.2. The summed E-state index contributed by atoms with van der Waals surface area (Å²) in [5.41, 5.74) is -0.128. The van der Waals surface area contributed by atoms with E-state index in [1.54, 1.807) is 52.2 Å². The molecule has 0 bridgehead atoms. The number of fused-ring (bicyclic) bond motifs is 1. The van der Waals surface area contributed by atoms with Gasteiger partial charge in [-0.2, -0.15) is 0 Å². The zero-order valence-corrected chi connectivity index (χ0v) is 13.7. The van der Waals surface area contributed by atoms with Crippen molar-refractivity contribution < 1.29 is 9.59 Å². The quantitative estimate of drug-likeness (QED) is 0.945. The van der Waals surface area contributed by atoms with Crippen LogP contribution in [0.3, 0.4) is 0 Å². The molecule has 2 rings (SSSR count). The molecule has 0 aliphatic heterocycles. The third-order valence-electron chi connectivity index (χ3n) is 3.25. The molecule has 0 radical (unpaired) electrons. The van der Waals surface area contributed by atoms with Gasteiger partial charge < -0.3 is 10.2 Å². The van der Waals surface area contributed by atoms with E-state index in [1.807, 2.05) is 6.07 Å². The van der Waals surface area contributed by atoms with Crippen LogP contribution < -0.4 is 5.32 Å². The summed E-state index contributed by atoms with van der Waals surface area (Å²) in [5.74, 6) is -0.591. The van der Waals surface area contributed by atoms with Crippen LogP contribution in [0, 0.1) is 0 Å². The first kappa shape index (κ1) is 16.2. The highest BCUT2D eigenvalue weighted by molar-refractivity contribution is 6.31. The number of carbonyl (C=O) groups is 2. The summed E-state index contributed by atoms with van der Waals surface area (Å²) >= 11 is 5.94. The molecule has 5 nitrogen and oxygen atoms in total. The Balaban J connectivity index is 2.28. The number of halogens is 1. The number of likely N-dealkylation sites (N-methyl/N-ethyl adjacent to an activating group) is 1. The molecular weight excluding hydrogens is 302 g/mol. The monoisotopic (exact) mass is 319 g/mol. The van der Waals surface area contributed by atoms with Crippen molar-refractivity contribution in [2.24, 2.45) is 0 Å². The molecule has 1 aromatic carbocycles. The number of hydrogen-bond acceptors (Lipinski definition) is 3. The number of carbonyl (C=O) groups excluding carboxylic acids is 2. The Kier molecular flexibility index (Phi) is 4.37. The van der Waals surface area contributed by atoms with Gasteiger partial charge in [0.1, 0.15) is 11.2 Å². The number of benzene rings is 1. The van der Waals surface area contributed by atoms with Crippen molar-refractivity contribution in [3.8, 4) is 0 Å². The summed E-state index contributed by atoms with van der Waals surface area (Å²) in [6.07, 6.45) is 0. The number of rotatable bonds is 3. The van der Waals surface area contributed by atoms with Crippen molar-refractivity contribution in [2.45, 2.75) is 19.4 Å². The molecule has 116 valence electrons. The fourth-order valence-electron chi connectivity index (χ4n) is 2.18. The lowest BCUT2D eigenvalue weighted by atomic mass is 10.0. The van der Waals surface area contributed by atoms with E-state index in [-0.39, 0.29) is 11.6 Å². The number of nitrogens with one attached hydrogen (secondary N) is 1. The van der Waals surface area contributed by atoms with Gasteiger partial charge in [0.2, 0.25) is 5.91 Å². The van der Waals surface area contributed by atoms with Gasteiger partial charge in [-0.05, 0) is 32.0 Å². The lowest BCUT2D eigenvalue weighted by Gasteiger charge is -2.28. The Bertz CT molecular complexity index is 741. The van der Waals surface area contributed by atoms with Crippen LogP contribution in [0.25, 0.3) is 10.9 Å². The predicted molar refractivity (Wildman–Crippen MR) is 87.0 cm³/mol. The van der Waals surface area contributed by atoms with Crippen LogP contribution in [0.5, 0.6) is 0 Å². The third kappa shape index (κ3) is 3.36. The highest BCUT2D eigenvalue weighted by Gasteiger charge is 2.31. The normalized spacial score (nSPS) is 11.3. The summed E-state index contributed by atoms with van der Waals surface area (Å²) in [6.45, 7) is 3.32. The Hall–Kier alpha value is -2.14. The Morgan fingerprint density at radius 2 is 1.82 bits per heavy atom. The highest BCUT2D eigenvalue weighted by atomic mass is 35.5. The molecule has 0 aliphatic rings. The van der Waals surface area contributed by atoms with Gasteiger partial charge in [-0.15, -0.1) is 0 Å². The van der Waals surface area contributed by atoms with Crippen molar-refractivity contribution in [2.75, 3.05) is 14.1 Å². The van der Waals surface area contributed by atoms with Crippen molar-refractivity contribution in [3.05, 3.63) is 41.0 Å². The average molecular weight is 320 g/mol. The SMILES string of the molecule is CN(C)C(=O)C(C)(C)NC(=O)c1ccc2ccc(Cl)cc2n1. The molecule has 0 atom stereocenters. The topological polar surface area (TPSA) is 62.3 Å². The number of pyridine rings is 1. The van der Waals surface area contributed by atoms with Crippen LogP contribution in [-0.4, -0.2) is 41.3 Å². The van der Waals surface area contributed by atoms with Gasteiger partial charge in [0.15, 0.2) is 0 Å². The number of nitrogens with zero attached hydrogens (tertiary/aromatic N) is 2. The maximum absolute atomic E-state index is 12.3. The molecule has 22 heavy (non-hydrogen) atoms. The molecule has 2 aromatic rings. The second-order valence-corrected chi connectivity index (χ2v) is 6.25. The van der Waals surface area contributed by atoms with Gasteiger partial charge in [0, 0.05) is 24.5 Å². The molecule has 2 amide bonds. The maximum atomic E-state index is 12.3. The Morgan fingerprint density at radius 1 is 1.18 bits per heavy atom. The standard InChI is InChI=1S/C16H18ClN3O2/c1-16(2,15(22)20(3)4)19-14(21)12-8-6-10-5-7-11(17)9-13(10)18-12/h5-9H,1-4H3,(H,19,21). The van der Waals surface area contributed by atoms with E-state index in [0.717, 1.165) is 5.39 Å². The fourth-order valence-corrected chi connectivity index (χ4v) is 2.34. The van der Waals surface area contributed by atoms with Gasteiger partial charge in [0.05, 0.1) is 5.52 Å². The van der Waals surface area contributed by atoms with Crippen molar-refractivity contribution in [1.29, 1.82) is 0 Å². The summed E-state index contributed by atoms with van der Waals surface area (Å²) in [4.78, 5) is 30.1. The molecule has 1 N–H and O–H groups in total. The first-order valence-corrected chi connectivity index (χ1v) is 7.19. The minimum Gasteiger partial charge on any atom is -0.347 e. The van der Waals surface area contributed by atoms with E-state index < -0.39 is 11.4 Å². The molecule has 1 aromatic heterocycles. The molecule has 0 unspecified atom stereocenters. The van der Waals surface area contributed by atoms with E-state index in [0.29, 0.717) is 10.5 Å². The van der Waals surface area contributed by atoms with Gasteiger partial charge in [0.25, 0.3) is 5.91 Å². The number of hydrogen-bond donors (Lipinski definition) is 1. The van der Waals surface area contributed by atoms with Crippen LogP contribution in [0.4, 0.5) is 0 Å². The molecule has 0 aliphatic carbocycles. The van der Waals surface area contributed by atoms with Crippen molar-refractivity contribution >= 4 is 34.3 Å². The van der Waals surface area contributed by atoms with Gasteiger partial charge in [-0.25, -0.2) is 4.98 Å². The van der Waals surface area contributed by atoms with Crippen LogP contribution in [0.15, 0.2) is 30.3 Å². The van der Waals surface area contributed by atoms with Crippen molar-refractivity contribution in [3.63, 3.8) is 0 Å². The van der Waals surface area contributed by atoms with Gasteiger partial charge >= 0.3 is 0 Å². The first-order valence-electron chi connectivity index (χ1n) is 6.81. The van der Waals surface area contributed by atoms with E-state index >= 15 is 0 Å². The van der Waals surface area contributed by atoms with Crippen LogP contribution in [0.1, 0.15) is 24.3 Å². The molecule has 0 saturated heterocycles. The molecule has 0 fully saturated rings. The van der Waals surface area contributed by atoms with E-state index in [9.17, 15) is 9.59 Å². The smallest absolute Gasteiger partial charge is 0.270 e. The van der Waals surface area contributed by atoms with Gasteiger partial charge in [-0.3, -0.25) is 9.59 Å². The van der Waals surface area contributed by atoms with Gasteiger partial charge in [-0.1, -0.05) is 23.7 Å². The average Bonchev–Trinajstić information content (AvgIpc) is 2.44. The summed E-state index contributed by atoms with van der Waals surface area (Å²) < 4.78 is 0. The summed E-state index contributed by atoms with van der Waals surface area (Å²) in [6, 6.07) is 8.73. The maximum Gasteiger partial charge on any atom is 0.270 e. The zero-order valence-electron chi connectivity index (χ0n) is 13.0. The third-order valence-corrected chi connectivity index (χ3v) is 3.49. The largest absolute Gasteiger partial charge is 0.347 e. The second-order valence-electron chi connectivity index (χ2n) is 5.81. The number of amides is 2. The zero-order chi connectivity index (χ0) is 16.5. The molecule has 0 saturated carbocycles. The molecule has 6 heteroatoms. The lowest BCUT2D eigenvalue weighted by Crippen LogP contribution is -2.54. The van der Waals surface area contributed by atoms with Crippen molar-refractivity contribution in [1.82, 2.24) is 15.2 Å².